The predicted molar refractivity (Wildman–Crippen MR) is 123 cm³/mol. The van der Waals surface area contributed by atoms with Crippen LogP contribution in [0, 0.1) is 0 Å². The number of furan rings is 1. The maximum Gasteiger partial charge on any atom is 0.303 e. The Morgan fingerprint density at radius 2 is 1.87 bits per heavy atom. The number of thioether (sulfide) groups is 1. The van der Waals surface area contributed by atoms with Crippen LogP contribution in [0.1, 0.15) is 31.4 Å². The molecule has 0 spiro atoms. The molecule has 1 aromatic heterocycles. The number of carboxylic acids is 1. The molecule has 0 saturated carbocycles. The van der Waals surface area contributed by atoms with E-state index in [1.54, 1.807) is 30.3 Å². The molecule has 0 atom stereocenters. The third-order valence-electron chi connectivity index (χ3n) is 4.61. The molecule has 31 heavy (non-hydrogen) atoms. The highest BCUT2D eigenvalue weighted by Crippen LogP contribution is 2.34. The van der Waals surface area contributed by atoms with Gasteiger partial charge in [-0.1, -0.05) is 30.4 Å². The van der Waals surface area contributed by atoms with E-state index >= 15 is 0 Å². The zero-order valence-corrected chi connectivity index (χ0v) is 19.2. The first kappa shape index (κ1) is 23.2. The fraction of sp³-hybridized carbons (Fsp3) is 0.286. The molecule has 1 aliphatic rings. The van der Waals surface area contributed by atoms with E-state index in [1.807, 2.05) is 0 Å². The Balaban J connectivity index is 1.65. The minimum atomic E-state index is -3.27. The SMILES string of the molecule is CS(=O)(=O)c1ccc(-c2ccc(/C=C3\SC(=S)N(CCCCCC(=O)O)C3=O)o2)cc1. The summed E-state index contributed by atoms with van der Waals surface area (Å²) in [5.41, 5.74) is 0.723. The summed E-state index contributed by atoms with van der Waals surface area (Å²) in [5, 5.41) is 8.67. The van der Waals surface area contributed by atoms with Crippen molar-refractivity contribution in [3.63, 3.8) is 0 Å². The monoisotopic (exact) mass is 479 g/mol. The summed E-state index contributed by atoms with van der Waals surface area (Å²) < 4.78 is 29.4. The Labute approximate surface area is 190 Å². The smallest absolute Gasteiger partial charge is 0.303 e. The van der Waals surface area contributed by atoms with Gasteiger partial charge in [-0.05, 0) is 49.2 Å². The second kappa shape index (κ2) is 9.80. The van der Waals surface area contributed by atoms with Crippen molar-refractivity contribution in [2.75, 3.05) is 12.8 Å². The average molecular weight is 480 g/mol. The number of rotatable bonds is 9. The van der Waals surface area contributed by atoms with Crippen LogP contribution in [0.2, 0.25) is 0 Å². The number of hydrogen-bond donors (Lipinski definition) is 1. The van der Waals surface area contributed by atoms with Gasteiger partial charge in [-0.3, -0.25) is 14.5 Å². The van der Waals surface area contributed by atoms with Gasteiger partial charge < -0.3 is 9.52 Å². The Morgan fingerprint density at radius 3 is 2.52 bits per heavy atom. The first-order valence-electron chi connectivity index (χ1n) is 9.52. The summed E-state index contributed by atoms with van der Waals surface area (Å²) >= 11 is 6.51. The third kappa shape index (κ3) is 6.05. The van der Waals surface area contributed by atoms with Crippen molar-refractivity contribution in [3.8, 4) is 11.3 Å². The molecule has 1 amide bonds. The van der Waals surface area contributed by atoms with Gasteiger partial charge in [-0.2, -0.15) is 0 Å². The van der Waals surface area contributed by atoms with Crippen molar-refractivity contribution in [1.82, 2.24) is 4.90 Å². The lowest BCUT2D eigenvalue weighted by atomic mass is 10.2. The van der Waals surface area contributed by atoms with Gasteiger partial charge >= 0.3 is 5.97 Å². The van der Waals surface area contributed by atoms with E-state index in [1.165, 1.54) is 28.8 Å². The van der Waals surface area contributed by atoms with Crippen molar-refractivity contribution in [2.24, 2.45) is 0 Å². The Kier molecular flexibility index (Phi) is 7.34. The highest BCUT2D eigenvalue weighted by molar-refractivity contribution is 8.26. The quantitative estimate of drug-likeness (QED) is 0.324. The molecule has 1 N–H and O–H groups in total. The Morgan fingerprint density at radius 1 is 1.16 bits per heavy atom. The van der Waals surface area contributed by atoms with Gasteiger partial charge in [0, 0.05) is 30.9 Å². The number of carbonyl (C=O) groups is 2. The molecule has 1 fully saturated rings. The highest BCUT2D eigenvalue weighted by atomic mass is 32.2. The van der Waals surface area contributed by atoms with E-state index in [0.717, 1.165) is 11.8 Å². The van der Waals surface area contributed by atoms with E-state index < -0.39 is 15.8 Å². The van der Waals surface area contributed by atoms with Crippen molar-refractivity contribution in [3.05, 3.63) is 47.1 Å². The van der Waals surface area contributed by atoms with Gasteiger partial charge in [0.25, 0.3) is 5.91 Å². The maximum atomic E-state index is 12.7. The Bertz CT molecular complexity index is 1130. The van der Waals surface area contributed by atoms with E-state index in [4.69, 9.17) is 21.7 Å². The minimum absolute atomic E-state index is 0.121. The van der Waals surface area contributed by atoms with Crippen LogP contribution in [-0.4, -0.2) is 47.4 Å². The first-order chi connectivity index (χ1) is 14.6. The van der Waals surface area contributed by atoms with Crippen LogP contribution >= 0.6 is 24.0 Å². The standard InChI is InChI=1S/C21H21NO6S3/c1-31(26,27)16-9-6-14(7-10-16)17-11-8-15(28-17)13-18-20(25)22(21(29)30-18)12-4-2-3-5-19(23)24/h6-11,13H,2-5,12H2,1H3,(H,23,24)/b18-13-. The number of unbranched alkanes of at least 4 members (excludes halogenated alkanes) is 2. The van der Waals surface area contributed by atoms with Crippen molar-refractivity contribution in [1.29, 1.82) is 0 Å². The molecule has 1 aliphatic heterocycles. The largest absolute Gasteiger partial charge is 0.481 e. The lowest BCUT2D eigenvalue weighted by Gasteiger charge is -2.13. The molecule has 0 unspecified atom stereocenters. The lowest BCUT2D eigenvalue weighted by Crippen LogP contribution is -2.29. The molecule has 10 heteroatoms. The fourth-order valence-corrected chi connectivity index (χ4v) is 4.92. The summed E-state index contributed by atoms with van der Waals surface area (Å²) in [6.45, 7) is 0.456. The van der Waals surface area contributed by atoms with Gasteiger partial charge in [-0.25, -0.2) is 8.42 Å². The number of carboxylic acid groups (broad SMARTS) is 1. The zero-order chi connectivity index (χ0) is 22.6. The number of carbonyl (C=O) groups excluding carboxylic acids is 1. The fourth-order valence-electron chi connectivity index (χ4n) is 3.00. The van der Waals surface area contributed by atoms with Gasteiger partial charge in [0.05, 0.1) is 9.80 Å². The van der Waals surface area contributed by atoms with Crippen LogP contribution in [0.4, 0.5) is 0 Å². The second-order valence-electron chi connectivity index (χ2n) is 7.04. The van der Waals surface area contributed by atoms with Gasteiger partial charge in [0.2, 0.25) is 0 Å². The molecule has 1 saturated heterocycles. The second-order valence-corrected chi connectivity index (χ2v) is 10.7. The van der Waals surface area contributed by atoms with Crippen LogP contribution in [0.5, 0.6) is 0 Å². The van der Waals surface area contributed by atoms with Crippen molar-refractivity contribution < 1.29 is 27.5 Å². The van der Waals surface area contributed by atoms with Crippen LogP contribution in [-0.2, 0) is 19.4 Å². The molecule has 0 radical (unpaired) electrons. The van der Waals surface area contributed by atoms with Crippen LogP contribution in [0.25, 0.3) is 17.4 Å². The number of hydrogen-bond acceptors (Lipinski definition) is 7. The topological polar surface area (TPSA) is 105 Å². The number of amides is 1. The van der Waals surface area contributed by atoms with Crippen LogP contribution in [0.15, 0.2) is 50.6 Å². The number of nitrogens with zero attached hydrogens (tertiary/aromatic N) is 1. The summed E-state index contributed by atoms with van der Waals surface area (Å²) in [6.07, 6.45) is 4.87. The molecule has 164 valence electrons. The summed E-state index contributed by atoms with van der Waals surface area (Å²) in [5.74, 6) is 0.0331. The molecule has 2 aromatic rings. The number of benzene rings is 1. The first-order valence-corrected chi connectivity index (χ1v) is 12.6. The van der Waals surface area contributed by atoms with E-state index in [9.17, 15) is 18.0 Å². The normalized spacial score (nSPS) is 15.8. The van der Waals surface area contributed by atoms with Gasteiger partial charge in [-0.15, -0.1) is 0 Å². The molecule has 2 heterocycles. The van der Waals surface area contributed by atoms with Crippen LogP contribution in [0.3, 0.4) is 0 Å². The van der Waals surface area contributed by atoms with E-state index in [-0.39, 0.29) is 17.2 Å². The zero-order valence-electron chi connectivity index (χ0n) is 16.7. The molecule has 3 rings (SSSR count). The van der Waals surface area contributed by atoms with Crippen molar-refractivity contribution in [2.45, 2.75) is 30.6 Å². The minimum Gasteiger partial charge on any atom is -0.481 e. The third-order valence-corrected chi connectivity index (χ3v) is 7.12. The number of thiocarbonyl (C=S) groups is 1. The molecule has 0 bridgehead atoms. The predicted octanol–water partition coefficient (Wildman–Crippen LogP) is 4.20. The Hall–Kier alpha value is -2.43. The van der Waals surface area contributed by atoms with Gasteiger partial charge in [0.1, 0.15) is 15.8 Å². The van der Waals surface area contributed by atoms with Gasteiger partial charge in [0.15, 0.2) is 9.84 Å². The average Bonchev–Trinajstić information content (AvgIpc) is 3.27. The molecular formula is C21H21NO6S3. The van der Waals surface area contributed by atoms with Crippen molar-refractivity contribution >= 4 is 56.1 Å². The van der Waals surface area contributed by atoms with Crippen LogP contribution < -0.4 is 0 Å². The molecule has 1 aromatic carbocycles. The highest BCUT2D eigenvalue weighted by Gasteiger charge is 2.31. The molecule has 7 nitrogen and oxygen atoms in total. The number of aliphatic carboxylic acids is 1. The van der Waals surface area contributed by atoms with E-state index in [0.29, 0.717) is 46.6 Å². The molecular weight excluding hydrogens is 458 g/mol. The maximum absolute atomic E-state index is 12.7. The number of sulfone groups is 1. The summed E-state index contributed by atoms with van der Waals surface area (Å²) in [7, 11) is -3.27. The van der Waals surface area contributed by atoms with E-state index in [2.05, 4.69) is 0 Å². The molecule has 0 aliphatic carbocycles. The summed E-state index contributed by atoms with van der Waals surface area (Å²) in [6, 6.07) is 9.87. The lowest BCUT2D eigenvalue weighted by molar-refractivity contribution is -0.137. The summed E-state index contributed by atoms with van der Waals surface area (Å²) in [4.78, 5) is 25.4.